The number of benzene rings is 1. The summed E-state index contributed by atoms with van der Waals surface area (Å²) in [5.74, 6) is 0.399. The Morgan fingerprint density at radius 3 is 2.88 bits per heavy atom. The summed E-state index contributed by atoms with van der Waals surface area (Å²) in [7, 11) is 1.36. The number of hydrogen-bond acceptors (Lipinski definition) is 4. The van der Waals surface area contributed by atoms with Crippen LogP contribution in [-0.4, -0.2) is 19.1 Å². The van der Waals surface area contributed by atoms with Gasteiger partial charge in [-0.05, 0) is 30.5 Å². The molecule has 1 aromatic rings. The molecule has 0 saturated heterocycles. The number of esters is 1. The maximum atomic E-state index is 11.3. The van der Waals surface area contributed by atoms with Crippen LogP contribution in [0.15, 0.2) is 18.2 Å². The fraction of sp³-hybridized carbons (Fsp3) is 0.462. The summed E-state index contributed by atoms with van der Waals surface area (Å²) in [5, 5.41) is 3.39. The number of methoxy groups -OCH3 is 1. The summed E-state index contributed by atoms with van der Waals surface area (Å²) < 4.78 is 4.64. The lowest BCUT2D eigenvalue weighted by Crippen LogP contribution is -2.08. The largest absolute Gasteiger partial charge is 0.465 e. The third-order valence-corrected chi connectivity index (χ3v) is 3.26. The molecule has 1 aliphatic rings. The highest BCUT2D eigenvalue weighted by atomic mass is 16.5. The molecule has 2 rings (SSSR count). The molecule has 17 heavy (non-hydrogen) atoms. The van der Waals surface area contributed by atoms with Crippen LogP contribution >= 0.6 is 0 Å². The molecule has 0 amide bonds. The number of nitrogens with one attached hydrogen (secondary N) is 1. The number of carbonyl (C=O) groups is 1. The maximum Gasteiger partial charge on any atom is 0.337 e. The van der Waals surface area contributed by atoms with E-state index in [1.54, 1.807) is 12.1 Å². The van der Waals surface area contributed by atoms with Crippen LogP contribution < -0.4 is 11.1 Å². The minimum atomic E-state index is -0.360. The molecule has 0 aliphatic heterocycles. The summed E-state index contributed by atoms with van der Waals surface area (Å²) >= 11 is 0. The van der Waals surface area contributed by atoms with Crippen LogP contribution in [-0.2, 0) is 4.74 Å². The lowest BCUT2D eigenvalue weighted by atomic mass is 10.1. The van der Waals surface area contributed by atoms with Gasteiger partial charge in [0, 0.05) is 6.04 Å². The highest BCUT2D eigenvalue weighted by molar-refractivity contribution is 5.91. The average molecular weight is 234 g/mol. The predicted molar refractivity (Wildman–Crippen MR) is 68.0 cm³/mol. The highest BCUT2D eigenvalue weighted by Crippen LogP contribution is 2.37. The lowest BCUT2D eigenvalue weighted by molar-refractivity contribution is 0.0601. The summed E-state index contributed by atoms with van der Waals surface area (Å²) in [6, 6.07) is 5.75. The third-order valence-electron chi connectivity index (χ3n) is 3.26. The number of anilines is 2. The normalized spacial score (nSPS) is 22.0. The van der Waals surface area contributed by atoms with Gasteiger partial charge >= 0.3 is 5.97 Å². The Bertz CT molecular complexity index is 431. The molecule has 1 saturated carbocycles. The van der Waals surface area contributed by atoms with Gasteiger partial charge in [-0.2, -0.15) is 0 Å². The first-order valence-corrected chi connectivity index (χ1v) is 5.90. The van der Waals surface area contributed by atoms with Crippen molar-refractivity contribution in [2.75, 3.05) is 18.2 Å². The summed E-state index contributed by atoms with van der Waals surface area (Å²) in [6.07, 6.45) is 2.40. The summed E-state index contributed by atoms with van der Waals surface area (Å²) in [4.78, 5) is 11.3. The molecule has 1 aliphatic carbocycles. The van der Waals surface area contributed by atoms with Crippen molar-refractivity contribution in [3.8, 4) is 0 Å². The number of nitrogens with two attached hydrogens (primary N) is 1. The minimum absolute atomic E-state index is 0.360. The summed E-state index contributed by atoms with van der Waals surface area (Å²) in [6.45, 7) is 2.19. The van der Waals surface area contributed by atoms with Crippen LogP contribution in [0.5, 0.6) is 0 Å². The molecule has 92 valence electrons. The number of nitrogen functional groups attached to an aromatic ring is 1. The molecule has 2 atom stereocenters. The molecular weight excluding hydrogens is 216 g/mol. The number of hydrogen-bond donors (Lipinski definition) is 2. The standard InChI is InChI=1S/C13H18N2O2/c1-3-8-7-12(8)15-11-5-4-9(6-10(11)14)13(16)17-2/h4-6,8,12,15H,3,7,14H2,1-2H3. The van der Waals surface area contributed by atoms with Gasteiger partial charge in [-0.1, -0.05) is 13.3 Å². The van der Waals surface area contributed by atoms with Gasteiger partial charge in [0.1, 0.15) is 0 Å². The van der Waals surface area contributed by atoms with E-state index in [0.717, 1.165) is 11.6 Å². The summed E-state index contributed by atoms with van der Waals surface area (Å²) in [5.41, 5.74) is 7.88. The van der Waals surface area contributed by atoms with Crippen molar-refractivity contribution in [3.05, 3.63) is 23.8 Å². The van der Waals surface area contributed by atoms with Crippen molar-refractivity contribution >= 4 is 17.3 Å². The second-order valence-electron chi connectivity index (χ2n) is 4.45. The fourth-order valence-corrected chi connectivity index (χ4v) is 2.01. The van der Waals surface area contributed by atoms with Gasteiger partial charge in [0.05, 0.1) is 24.0 Å². The Balaban J connectivity index is 2.07. The Kier molecular flexibility index (Phi) is 3.22. The first-order chi connectivity index (χ1) is 8.15. The van der Waals surface area contributed by atoms with Crippen LogP contribution in [0.4, 0.5) is 11.4 Å². The molecule has 0 radical (unpaired) electrons. The highest BCUT2D eigenvalue weighted by Gasteiger charge is 2.35. The van der Waals surface area contributed by atoms with Crippen molar-refractivity contribution in [1.29, 1.82) is 0 Å². The molecule has 3 N–H and O–H groups in total. The maximum absolute atomic E-state index is 11.3. The topological polar surface area (TPSA) is 64.3 Å². The van der Waals surface area contributed by atoms with Gasteiger partial charge in [-0.3, -0.25) is 0 Å². The van der Waals surface area contributed by atoms with Gasteiger partial charge in [-0.15, -0.1) is 0 Å². The van der Waals surface area contributed by atoms with E-state index in [2.05, 4.69) is 17.0 Å². The number of ether oxygens (including phenoxy) is 1. The molecule has 1 aromatic carbocycles. The van der Waals surface area contributed by atoms with Crippen molar-refractivity contribution in [2.45, 2.75) is 25.8 Å². The number of carbonyl (C=O) groups excluding carboxylic acids is 1. The lowest BCUT2D eigenvalue weighted by Gasteiger charge is -2.10. The van der Waals surface area contributed by atoms with Gasteiger partial charge < -0.3 is 15.8 Å². The van der Waals surface area contributed by atoms with Crippen molar-refractivity contribution < 1.29 is 9.53 Å². The molecule has 4 nitrogen and oxygen atoms in total. The van der Waals surface area contributed by atoms with E-state index >= 15 is 0 Å². The SMILES string of the molecule is CCC1CC1Nc1ccc(C(=O)OC)cc1N. The molecule has 0 spiro atoms. The Labute approximate surface area is 101 Å². The fourth-order valence-electron chi connectivity index (χ4n) is 2.01. The molecule has 2 unspecified atom stereocenters. The quantitative estimate of drug-likeness (QED) is 0.619. The third kappa shape index (κ3) is 2.52. The molecule has 0 heterocycles. The second kappa shape index (κ2) is 4.65. The monoisotopic (exact) mass is 234 g/mol. The van der Waals surface area contributed by atoms with E-state index in [0.29, 0.717) is 17.3 Å². The molecule has 0 bridgehead atoms. The van der Waals surface area contributed by atoms with E-state index < -0.39 is 0 Å². The minimum Gasteiger partial charge on any atom is -0.465 e. The predicted octanol–water partition coefficient (Wildman–Crippen LogP) is 2.27. The molecule has 0 aromatic heterocycles. The van der Waals surface area contributed by atoms with Crippen molar-refractivity contribution in [1.82, 2.24) is 0 Å². The first kappa shape index (κ1) is 11.8. The van der Waals surface area contributed by atoms with Crippen LogP contribution in [0.1, 0.15) is 30.1 Å². The Hall–Kier alpha value is -1.71. The van der Waals surface area contributed by atoms with Gasteiger partial charge in [0.2, 0.25) is 0 Å². The van der Waals surface area contributed by atoms with Crippen LogP contribution in [0.3, 0.4) is 0 Å². The second-order valence-corrected chi connectivity index (χ2v) is 4.45. The molecule has 4 heteroatoms. The zero-order valence-electron chi connectivity index (χ0n) is 10.2. The van der Waals surface area contributed by atoms with Crippen LogP contribution in [0.2, 0.25) is 0 Å². The first-order valence-electron chi connectivity index (χ1n) is 5.90. The Morgan fingerprint density at radius 2 is 2.35 bits per heavy atom. The average Bonchev–Trinajstić information content (AvgIpc) is 3.09. The van der Waals surface area contributed by atoms with Crippen molar-refractivity contribution in [3.63, 3.8) is 0 Å². The van der Waals surface area contributed by atoms with E-state index in [-0.39, 0.29) is 5.97 Å². The molecular formula is C13H18N2O2. The zero-order chi connectivity index (χ0) is 12.4. The van der Waals surface area contributed by atoms with E-state index in [9.17, 15) is 4.79 Å². The number of rotatable bonds is 4. The van der Waals surface area contributed by atoms with E-state index in [1.807, 2.05) is 6.07 Å². The van der Waals surface area contributed by atoms with Crippen LogP contribution in [0.25, 0.3) is 0 Å². The molecule has 1 fully saturated rings. The van der Waals surface area contributed by atoms with Gasteiger partial charge in [-0.25, -0.2) is 4.79 Å². The zero-order valence-corrected chi connectivity index (χ0v) is 10.2. The van der Waals surface area contributed by atoms with E-state index in [1.165, 1.54) is 20.0 Å². The van der Waals surface area contributed by atoms with Crippen molar-refractivity contribution in [2.24, 2.45) is 5.92 Å². The van der Waals surface area contributed by atoms with Gasteiger partial charge in [0.25, 0.3) is 0 Å². The van der Waals surface area contributed by atoms with E-state index in [4.69, 9.17) is 5.73 Å². The van der Waals surface area contributed by atoms with Gasteiger partial charge in [0.15, 0.2) is 0 Å². The van der Waals surface area contributed by atoms with Crippen LogP contribution in [0, 0.1) is 5.92 Å². The smallest absolute Gasteiger partial charge is 0.337 e. The Morgan fingerprint density at radius 1 is 1.59 bits per heavy atom.